The van der Waals surface area contributed by atoms with Gasteiger partial charge in [-0.15, -0.1) is 5.10 Å². The molecule has 3 aromatic heterocycles. The molecule has 0 amide bonds. The molecule has 25 heavy (non-hydrogen) atoms. The lowest BCUT2D eigenvalue weighted by atomic mass is 10.2. The molecular weight excluding hydrogens is 322 g/mol. The molecule has 0 aromatic carbocycles. The van der Waals surface area contributed by atoms with Crippen LogP contribution in [-0.4, -0.2) is 55.1 Å². The van der Waals surface area contributed by atoms with Gasteiger partial charge in [0.1, 0.15) is 12.0 Å². The molecule has 130 valence electrons. The van der Waals surface area contributed by atoms with Crippen molar-refractivity contribution in [3.63, 3.8) is 0 Å². The second kappa shape index (κ2) is 5.16. The minimum absolute atomic E-state index is 0.0302. The zero-order chi connectivity index (χ0) is 17.0. The molecule has 0 radical (unpaired) electrons. The van der Waals surface area contributed by atoms with E-state index in [1.807, 2.05) is 6.92 Å². The number of hydrogen-bond acceptors (Lipinski definition) is 7. The highest BCUT2D eigenvalue weighted by Crippen LogP contribution is 2.55. The van der Waals surface area contributed by atoms with E-state index in [1.165, 1.54) is 0 Å². The predicted molar refractivity (Wildman–Crippen MR) is 89.4 cm³/mol. The van der Waals surface area contributed by atoms with E-state index >= 15 is 0 Å². The van der Waals surface area contributed by atoms with Crippen molar-refractivity contribution in [2.45, 2.75) is 19.4 Å². The van der Waals surface area contributed by atoms with Crippen molar-refractivity contribution in [2.24, 2.45) is 11.8 Å². The number of nitrogens with one attached hydrogen (secondary N) is 2. The highest BCUT2D eigenvalue weighted by molar-refractivity contribution is 5.74. The van der Waals surface area contributed by atoms with Crippen LogP contribution >= 0.6 is 0 Å². The molecule has 5 rings (SSSR count). The number of aromatic nitrogens is 6. The Kier molecular flexibility index (Phi) is 3.02. The SMILES string of the molecule is CCOc1c(-c2cn[nH]c2)ncn2nc(NC34COCC3[C@@H]4C)nc12. The van der Waals surface area contributed by atoms with E-state index in [4.69, 9.17) is 9.47 Å². The van der Waals surface area contributed by atoms with Crippen LogP contribution in [0.3, 0.4) is 0 Å². The van der Waals surface area contributed by atoms with Gasteiger partial charge in [0.2, 0.25) is 11.6 Å². The first kappa shape index (κ1) is 14.6. The van der Waals surface area contributed by atoms with Crippen LogP contribution in [0, 0.1) is 11.8 Å². The van der Waals surface area contributed by atoms with Gasteiger partial charge < -0.3 is 14.8 Å². The Hall–Kier alpha value is -2.68. The number of H-pyrrole nitrogens is 1. The van der Waals surface area contributed by atoms with E-state index in [-0.39, 0.29) is 5.54 Å². The molecule has 3 aromatic rings. The van der Waals surface area contributed by atoms with E-state index in [2.05, 4.69) is 37.5 Å². The second-order valence-electron chi connectivity index (χ2n) is 6.62. The molecule has 1 saturated heterocycles. The molecule has 1 aliphatic heterocycles. The first-order chi connectivity index (χ1) is 12.2. The average molecular weight is 341 g/mol. The molecule has 2 fully saturated rings. The zero-order valence-electron chi connectivity index (χ0n) is 14.1. The summed E-state index contributed by atoms with van der Waals surface area (Å²) in [6.45, 7) is 6.19. The largest absolute Gasteiger partial charge is 0.488 e. The van der Waals surface area contributed by atoms with Gasteiger partial charge in [-0.25, -0.2) is 4.98 Å². The van der Waals surface area contributed by atoms with E-state index in [0.29, 0.717) is 48.1 Å². The van der Waals surface area contributed by atoms with Crippen LogP contribution in [0.15, 0.2) is 18.7 Å². The highest BCUT2D eigenvalue weighted by Gasteiger charge is 2.66. The smallest absolute Gasteiger partial charge is 0.243 e. The minimum Gasteiger partial charge on any atom is -0.488 e. The Morgan fingerprint density at radius 2 is 2.44 bits per heavy atom. The van der Waals surface area contributed by atoms with Gasteiger partial charge in [-0.1, -0.05) is 6.92 Å². The summed E-state index contributed by atoms with van der Waals surface area (Å²) in [6.07, 6.45) is 5.14. The fourth-order valence-electron chi connectivity index (χ4n) is 3.82. The van der Waals surface area contributed by atoms with Gasteiger partial charge in [0.25, 0.3) is 0 Å². The molecule has 2 aliphatic rings. The summed E-state index contributed by atoms with van der Waals surface area (Å²) >= 11 is 0. The van der Waals surface area contributed by atoms with E-state index in [1.54, 1.807) is 23.2 Å². The number of nitrogens with zero attached hydrogens (tertiary/aromatic N) is 5. The van der Waals surface area contributed by atoms with Gasteiger partial charge in [0, 0.05) is 17.7 Å². The summed E-state index contributed by atoms with van der Waals surface area (Å²) in [5.74, 6) is 2.28. The number of fused-ring (bicyclic) bond motifs is 2. The topological polar surface area (TPSA) is 102 Å². The van der Waals surface area contributed by atoms with Crippen LogP contribution in [-0.2, 0) is 4.74 Å². The molecule has 1 saturated carbocycles. The second-order valence-corrected chi connectivity index (χ2v) is 6.62. The lowest BCUT2D eigenvalue weighted by Crippen LogP contribution is -2.28. The summed E-state index contributed by atoms with van der Waals surface area (Å²) < 4.78 is 13.1. The number of ether oxygens (including phenoxy) is 2. The van der Waals surface area contributed by atoms with E-state index < -0.39 is 0 Å². The molecule has 0 bridgehead atoms. The Labute approximate surface area is 143 Å². The quantitative estimate of drug-likeness (QED) is 0.722. The van der Waals surface area contributed by atoms with E-state index in [0.717, 1.165) is 12.2 Å². The molecule has 9 nitrogen and oxygen atoms in total. The van der Waals surface area contributed by atoms with Crippen molar-refractivity contribution in [2.75, 3.05) is 25.1 Å². The number of aromatic amines is 1. The van der Waals surface area contributed by atoms with Gasteiger partial charge in [-0.3, -0.25) is 5.10 Å². The maximum absolute atomic E-state index is 5.83. The first-order valence-electron chi connectivity index (χ1n) is 8.46. The molecule has 1 aliphatic carbocycles. The van der Waals surface area contributed by atoms with Crippen molar-refractivity contribution in [3.05, 3.63) is 18.7 Å². The van der Waals surface area contributed by atoms with Crippen LogP contribution in [0.4, 0.5) is 5.95 Å². The molecule has 2 unspecified atom stereocenters. The van der Waals surface area contributed by atoms with Crippen LogP contribution < -0.4 is 10.1 Å². The van der Waals surface area contributed by atoms with Gasteiger partial charge in [-0.05, 0) is 12.8 Å². The minimum atomic E-state index is -0.0302. The molecule has 4 heterocycles. The molecular formula is C16H19N7O2. The average Bonchev–Trinajstić information content (AvgIpc) is 3.17. The summed E-state index contributed by atoms with van der Waals surface area (Å²) in [6, 6.07) is 0. The lowest BCUT2D eigenvalue weighted by Gasteiger charge is -2.13. The Balaban J connectivity index is 1.56. The van der Waals surface area contributed by atoms with Crippen molar-refractivity contribution < 1.29 is 9.47 Å². The van der Waals surface area contributed by atoms with Gasteiger partial charge in [0.05, 0.1) is 31.6 Å². The highest BCUT2D eigenvalue weighted by atomic mass is 16.5. The van der Waals surface area contributed by atoms with Crippen LogP contribution in [0.5, 0.6) is 5.75 Å². The zero-order valence-corrected chi connectivity index (χ0v) is 14.1. The van der Waals surface area contributed by atoms with Crippen LogP contribution in [0.1, 0.15) is 13.8 Å². The van der Waals surface area contributed by atoms with Crippen LogP contribution in [0.25, 0.3) is 16.9 Å². The Bertz CT molecular complexity index is 922. The van der Waals surface area contributed by atoms with Crippen molar-refractivity contribution in [3.8, 4) is 17.0 Å². The standard InChI is InChI=1S/C16H19N7O2/c1-3-25-13-12(10-4-18-19-5-10)17-8-23-14(13)20-15(22-23)21-16-7-24-6-11(16)9(16)2/h4-5,8-9,11H,3,6-7H2,1-2H3,(H,18,19)(H,21,22)/t9-,11?,16?/m0/s1. The maximum atomic E-state index is 5.83. The summed E-state index contributed by atoms with van der Waals surface area (Å²) in [7, 11) is 0. The molecule has 2 N–H and O–H groups in total. The summed E-state index contributed by atoms with van der Waals surface area (Å²) in [5, 5.41) is 14.8. The predicted octanol–water partition coefficient (Wildman–Crippen LogP) is 1.36. The maximum Gasteiger partial charge on any atom is 0.243 e. The van der Waals surface area contributed by atoms with Crippen molar-refractivity contribution >= 4 is 11.6 Å². The third-order valence-electron chi connectivity index (χ3n) is 5.36. The fourth-order valence-corrected chi connectivity index (χ4v) is 3.82. The number of hydrogen-bond donors (Lipinski definition) is 2. The van der Waals surface area contributed by atoms with E-state index in [9.17, 15) is 0 Å². The van der Waals surface area contributed by atoms with Gasteiger partial charge >= 0.3 is 0 Å². The Morgan fingerprint density at radius 1 is 1.52 bits per heavy atom. The monoisotopic (exact) mass is 341 g/mol. The fraction of sp³-hybridized carbons (Fsp3) is 0.500. The van der Waals surface area contributed by atoms with Crippen molar-refractivity contribution in [1.82, 2.24) is 29.8 Å². The Morgan fingerprint density at radius 3 is 3.16 bits per heavy atom. The third-order valence-corrected chi connectivity index (χ3v) is 5.36. The summed E-state index contributed by atoms with van der Waals surface area (Å²) in [5.41, 5.74) is 2.15. The molecule has 9 heteroatoms. The number of anilines is 1. The normalized spacial score (nSPS) is 27.4. The van der Waals surface area contributed by atoms with Gasteiger partial charge in [-0.2, -0.15) is 14.6 Å². The molecule has 0 spiro atoms. The lowest BCUT2D eigenvalue weighted by molar-refractivity contribution is 0.151. The first-order valence-corrected chi connectivity index (χ1v) is 8.46. The van der Waals surface area contributed by atoms with Crippen molar-refractivity contribution in [1.29, 1.82) is 0 Å². The summed E-state index contributed by atoms with van der Waals surface area (Å²) in [4.78, 5) is 9.14. The third kappa shape index (κ3) is 2.05. The van der Waals surface area contributed by atoms with Crippen LogP contribution in [0.2, 0.25) is 0 Å². The van der Waals surface area contributed by atoms with Gasteiger partial charge in [0.15, 0.2) is 5.75 Å². The molecule has 3 atom stereocenters. The number of rotatable bonds is 5.